The van der Waals surface area contributed by atoms with Crippen molar-refractivity contribution < 1.29 is 4.79 Å². The van der Waals surface area contributed by atoms with Crippen molar-refractivity contribution in [1.82, 2.24) is 15.5 Å². The molecule has 2 aromatic rings. The lowest BCUT2D eigenvalue weighted by Gasteiger charge is -2.08. The first kappa shape index (κ1) is 11.2. The van der Waals surface area contributed by atoms with Crippen LogP contribution < -0.4 is 16.6 Å². The van der Waals surface area contributed by atoms with E-state index in [1.807, 2.05) is 6.07 Å². The Morgan fingerprint density at radius 3 is 2.94 bits per heavy atom. The number of aromatic amines is 1. The number of aromatic nitrogens is 2. The van der Waals surface area contributed by atoms with E-state index in [4.69, 9.17) is 5.84 Å². The minimum Gasteiger partial charge on any atom is -0.348 e. The van der Waals surface area contributed by atoms with Crippen LogP contribution >= 0.6 is 0 Å². The summed E-state index contributed by atoms with van der Waals surface area (Å²) in [4.78, 5) is 11.9. The van der Waals surface area contributed by atoms with Gasteiger partial charge in [-0.2, -0.15) is 5.10 Å². The molecule has 6 heteroatoms. The van der Waals surface area contributed by atoms with E-state index in [0.29, 0.717) is 17.8 Å². The Morgan fingerprint density at radius 2 is 2.24 bits per heavy atom. The number of hydrogen-bond donors (Lipinski definition) is 4. The van der Waals surface area contributed by atoms with Gasteiger partial charge in [0.15, 0.2) is 0 Å². The van der Waals surface area contributed by atoms with Crippen LogP contribution in [0.25, 0.3) is 0 Å². The number of carbonyl (C=O) groups is 1. The van der Waals surface area contributed by atoms with Crippen LogP contribution in [0.1, 0.15) is 15.9 Å². The highest BCUT2D eigenvalue weighted by Gasteiger charge is 2.09. The molecule has 1 aromatic carbocycles. The molecule has 0 saturated heterocycles. The van der Waals surface area contributed by atoms with Gasteiger partial charge in [0.2, 0.25) is 0 Å². The highest BCUT2D eigenvalue weighted by molar-refractivity contribution is 5.99. The number of para-hydroxylation sites is 1. The zero-order valence-electron chi connectivity index (χ0n) is 9.10. The SMILES string of the molecule is NNc1ccccc1C(=O)NCc1cn[nH]c1. The fourth-order valence-corrected chi connectivity index (χ4v) is 1.46. The molecule has 1 aromatic heterocycles. The van der Waals surface area contributed by atoms with E-state index < -0.39 is 0 Å². The summed E-state index contributed by atoms with van der Waals surface area (Å²) in [5, 5.41) is 9.26. The van der Waals surface area contributed by atoms with Crippen LogP contribution in [0.4, 0.5) is 5.69 Å². The van der Waals surface area contributed by atoms with Crippen molar-refractivity contribution in [2.24, 2.45) is 5.84 Å². The molecule has 1 amide bonds. The number of hydrogen-bond acceptors (Lipinski definition) is 4. The van der Waals surface area contributed by atoms with Crippen LogP contribution in [-0.2, 0) is 6.54 Å². The van der Waals surface area contributed by atoms with Gasteiger partial charge in [0.1, 0.15) is 0 Å². The van der Waals surface area contributed by atoms with Gasteiger partial charge < -0.3 is 10.7 Å². The summed E-state index contributed by atoms with van der Waals surface area (Å²) in [7, 11) is 0. The molecular weight excluding hydrogens is 218 g/mol. The third-order valence-corrected chi connectivity index (χ3v) is 2.34. The predicted molar refractivity (Wildman–Crippen MR) is 64.0 cm³/mol. The number of benzene rings is 1. The monoisotopic (exact) mass is 231 g/mol. The number of nitrogens with zero attached hydrogens (tertiary/aromatic N) is 1. The molecular formula is C11H13N5O. The van der Waals surface area contributed by atoms with Gasteiger partial charge in [-0.1, -0.05) is 12.1 Å². The highest BCUT2D eigenvalue weighted by atomic mass is 16.1. The summed E-state index contributed by atoms with van der Waals surface area (Å²) < 4.78 is 0. The smallest absolute Gasteiger partial charge is 0.253 e. The summed E-state index contributed by atoms with van der Waals surface area (Å²) in [6.07, 6.45) is 3.39. The molecule has 88 valence electrons. The van der Waals surface area contributed by atoms with Crippen LogP contribution in [0, 0.1) is 0 Å². The Kier molecular flexibility index (Phi) is 3.37. The summed E-state index contributed by atoms with van der Waals surface area (Å²) in [5.74, 6) is 5.15. The van der Waals surface area contributed by atoms with Crippen LogP contribution in [0.2, 0.25) is 0 Å². The van der Waals surface area contributed by atoms with Gasteiger partial charge >= 0.3 is 0 Å². The highest BCUT2D eigenvalue weighted by Crippen LogP contribution is 2.13. The maximum atomic E-state index is 11.9. The number of hydrazine groups is 1. The molecule has 0 atom stereocenters. The zero-order chi connectivity index (χ0) is 12.1. The number of anilines is 1. The van der Waals surface area contributed by atoms with Crippen molar-refractivity contribution in [1.29, 1.82) is 0 Å². The molecule has 0 spiro atoms. The fourth-order valence-electron chi connectivity index (χ4n) is 1.46. The van der Waals surface area contributed by atoms with Gasteiger partial charge in [0, 0.05) is 18.3 Å². The molecule has 17 heavy (non-hydrogen) atoms. The number of nitrogens with one attached hydrogen (secondary N) is 3. The third kappa shape index (κ3) is 2.61. The molecule has 0 fully saturated rings. The van der Waals surface area contributed by atoms with Crippen LogP contribution in [-0.4, -0.2) is 16.1 Å². The van der Waals surface area contributed by atoms with E-state index in [9.17, 15) is 4.79 Å². The molecule has 2 rings (SSSR count). The van der Waals surface area contributed by atoms with E-state index >= 15 is 0 Å². The lowest BCUT2D eigenvalue weighted by atomic mass is 10.1. The summed E-state index contributed by atoms with van der Waals surface area (Å²) in [5.41, 5.74) is 4.51. The van der Waals surface area contributed by atoms with Crippen molar-refractivity contribution in [3.8, 4) is 0 Å². The van der Waals surface area contributed by atoms with Crippen LogP contribution in [0.3, 0.4) is 0 Å². The molecule has 0 aliphatic carbocycles. The molecule has 0 saturated carbocycles. The maximum Gasteiger partial charge on any atom is 0.253 e. The average molecular weight is 231 g/mol. The van der Waals surface area contributed by atoms with Gasteiger partial charge in [-0.15, -0.1) is 0 Å². The minimum absolute atomic E-state index is 0.181. The molecule has 5 N–H and O–H groups in total. The van der Waals surface area contributed by atoms with Crippen molar-refractivity contribution in [3.63, 3.8) is 0 Å². The Hall–Kier alpha value is -2.34. The first-order valence-corrected chi connectivity index (χ1v) is 5.13. The number of nitrogen functional groups attached to an aromatic ring is 1. The normalized spacial score (nSPS) is 9.94. The fraction of sp³-hybridized carbons (Fsp3) is 0.0909. The number of carbonyl (C=O) groups excluding carboxylic acids is 1. The van der Waals surface area contributed by atoms with E-state index in [1.54, 1.807) is 30.6 Å². The van der Waals surface area contributed by atoms with Gasteiger partial charge in [0.05, 0.1) is 17.4 Å². The van der Waals surface area contributed by atoms with Gasteiger partial charge in [0.25, 0.3) is 5.91 Å². The number of amides is 1. The average Bonchev–Trinajstić information content (AvgIpc) is 2.89. The second-order valence-electron chi connectivity index (χ2n) is 3.48. The Bertz CT molecular complexity index is 494. The lowest BCUT2D eigenvalue weighted by Crippen LogP contribution is -2.24. The molecule has 0 radical (unpaired) electrons. The van der Waals surface area contributed by atoms with Gasteiger partial charge in [-0.05, 0) is 12.1 Å². The first-order chi connectivity index (χ1) is 8.31. The van der Waals surface area contributed by atoms with E-state index in [0.717, 1.165) is 5.56 Å². The first-order valence-electron chi connectivity index (χ1n) is 5.13. The van der Waals surface area contributed by atoms with E-state index in [-0.39, 0.29) is 5.91 Å². The van der Waals surface area contributed by atoms with Crippen molar-refractivity contribution >= 4 is 11.6 Å². The largest absolute Gasteiger partial charge is 0.348 e. The van der Waals surface area contributed by atoms with Crippen LogP contribution in [0.5, 0.6) is 0 Å². The third-order valence-electron chi connectivity index (χ3n) is 2.34. The van der Waals surface area contributed by atoms with E-state index in [1.165, 1.54) is 0 Å². The van der Waals surface area contributed by atoms with Crippen molar-refractivity contribution in [2.75, 3.05) is 5.43 Å². The summed E-state index contributed by atoms with van der Waals surface area (Å²) >= 11 is 0. The Balaban J connectivity index is 2.04. The quantitative estimate of drug-likeness (QED) is 0.458. The second kappa shape index (κ2) is 5.13. The Morgan fingerprint density at radius 1 is 1.41 bits per heavy atom. The number of nitrogens with two attached hydrogens (primary N) is 1. The molecule has 0 aliphatic rings. The second-order valence-corrected chi connectivity index (χ2v) is 3.48. The van der Waals surface area contributed by atoms with E-state index in [2.05, 4.69) is 20.9 Å². The minimum atomic E-state index is -0.181. The maximum absolute atomic E-state index is 11.9. The molecule has 6 nitrogen and oxygen atoms in total. The number of rotatable bonds is 4. The summed E-state index contributed by atoms with van der Waals surface area (Å²) in [6.45, 7) is 0.425. The molecule has 0 bridgehead atoms. The topological polar surface area (TPSA) is 95.8 Å². The van der Waals surface area contributed by atoms with Gasteiger partial charge in [-0.3, -0.25) is 15.7 Å². The number of H-pyrrole nitrogens is 1. The van der Waals surface area contributed by atoms with Crippen molar-refractivity contribution in [2.45, 2.75) is 6.54 Å². The lowest BCUT2D eigenvalue weighted by molar-refractivity contribution is 0.0951. The molecule has 1 heterocycles. The molecule has 0 aliphatic heterocycles. The predicted octanol–water partition coefficient (Wildman–Crippen LogP) is 0.625. The van der Waals surface area contributed by atoms with Crippen LogP contribution in [0.15, 0.2) is 36.7 Å². The standard InChI is InChI=1S/C11H13N5O/c12-16-10-4-2-1-3-9(10)11(17)13-5-8-6-14-15-7-8/h1-4,6-7,16H,5,12H2,(H,13,17)(H,14,15). The van der Waals surface area contributed by atoms with Crippen molar-refractivity contribution in [3.05, 3.63) is 47.8 Å². The Labute approximate surface area is 98.2 Å². The molecule has 0 unspecified atom stereocenters. The summed E-state index contributed by atoms with van der Waals surface area (Å²) in [6, 6.07) is 7.04. The zero-order valence-corrected chi connectivity index (χ0v) is 9.10. The van der Waals surface area contributed by atoms with Gasteiger partial charge in [-0.25, -0.2) is 0 Å².